The summed E-state index contributed by atoms with van der Waals surface area (Å²) < 4.78 is 0. The maximum Gasteiger partial charge on any atom is 0.267 e. The molecule has 0 fully saturated rings. The van der Waals surface area contributed by atoms with Crippen LogP contribution in [0.5, 0.6) is 0 Å². The standard InChI is InChI=1S/C13H12Cl2N2O/c14-10-3-1-2-9(6-10)4-5-16-13(18)12-7-11(15)8-17-12/h1-3,6-8,17H,4-5H2,(H,16,18). The van der Waals surface area contributed by atoms with Gasteiger partial charge in [-0.25, -0.2) is 0 Å². The molecular weight excluding hydrogens is 271 g/mol. The smallest absolute Gasteiger partial charge is 0.267 e. The highest BCUT2D eigenvalue weighted by molar-refractivity contribution is 6.31. The van der Waals surface area contributed by atoms with Crippen LogP contribution in [0.1, 0.15) is 16.1 Å². The number of hydrogen-bond donors (Lipinski definition) is 2. The molecule has 0 unspecified atom stereocenters. The monoisotopic (exact) mass is 282 g/mol. The molecule has 1 heterocycles. The summed E-state index contributed by atoms with van der Waals surface area (Å²) in [6.45, 7) is 0.551. The van der Waals surface area contributed by atoms with Gasteiger partial charge in [-0.1, -0.05) is 35.3 Å². The van der Waals surface area contributed by atoms with E-state index in [2.05, 4.69) is 10.3 Å². The van der Waals surface area contributed by atoms with Crippen LogP contribution in [0.3, 0.4) is 0 Å². The van der Waals surface area contributed by atoms with Crippen LogP contribution in [-0.4, -0.2) is 17.4 Å². The van der Waals surface area contributed by atoms with Gasteiger partial charge in [0.05, 0.1) is 5.02 Å². The van der Waals surface area contributed by atoms with Crippen molar-refractivity contribution in [3.05, 3.63) is 57.8 Å². The summed E-state index contributed by atoms with van der Waals surface area (Å²) >= 11 is 11.6. The molecule has 0 atom stereocenters. The molecule has 0 aliphatic carbocycles. The Hall–Kier alpha value is -1.45. The Morgan fingerprint density at radius 3 is 2.72 bits per heavy atom. The normalized spacial score (nSPS) is 10.3. The van der Waals surface area contributed by atoms with Gasteiger partial charge in [-0.2, -0.15) is 0 Å². The summed E-state index contributed by atoms with van der Waals surface area (Å²) in [7, 11) is 0. The average molecular weight is 283 g/mol. The van der Waals surface area contributed by atoms with E-state index in [1.165, 1.54) is 0 Å². The first-order chi connectivity index (χ1) is 8.65. The lowest BCUT2D eigenvalue weighted by atomic mass is 10.1. The molecule has 94 valence electrons. The van der Waals surface area contributed by atoms with E-state index >= 15 is 0 Å². The SMILES string of the molecule is O=C(NCCc1cccc(Cl)c1)c1cc(Cl)c[nH]1. The van der Waals surface area contributed by atoms with Crippen molar-refractivity contribution in [2.45, 2.75) is 6.42 Å². The van der Waals surface area contributed by atoms with Gasteiger partial charge in [0.1, 0.15) is 5.69 Å². The van der Waals surface area contributed by atoms with E-state index in [0.717, 1.165) is 12.0 Å². The largest absolute Gasteiger partial charge is 0.356 e. The number of hydrogen-bond acceptors (Lipinski definition) is 1. The molecule has 0 radical (unpaired) electrons. The number of rotatable bonds is 4. The van der Waals surface area contributed by atoms with Gasteiger partial charge >= 0.3 is 0 Å². The number of carbonyl (C=O) groups excluding carboxylic acids is 1. The summed E-state index contributed by atoms with van der Waals surface area (Å²) in [5.41, 5.74) is 1.55. The number of aromatic nitrogens is 1. The minimum absolute atomic E-state index is 0.163. The second kappa shape index (κ2) is 5.94. The topological polar surface area (TPSA) is 44.9 Å². The van der Waals surface area contributed by atoms with Crippen LogP contribution in [0, 0.1) is 0 Å². The fourth-order valence-electron chi connectivity index (χ4n) is 1.61. The van der Waals surface area contributed by atoms with Crippen molar-refractivity contribution in [2.24, 2.45) is 0 Å². The van der Waals surface area contributed by atoms with Crippen molar-refractivity contribution in [3.63, 3.8) is 0 Å². The van der Waals surface area contributed by atoms with Crippen molar-refractivity contribution in [1.82, 2.24) is 10.3 Å². The Balaban J connectivity index is 1.84. The molecular formula is C13H12Cl2N2O. The quantitative estimate of drug-likeness (QED) is 0.888. The Bertz CT molecular complexity index is 551. The summed E-state index contributed by atoms with van der Waals surface area (Å²) in [6.07, 6.45) is 2.31. The van der Waals surface area contributed by atoms with Crippen molar-refractivity contribution < 1.29 is 4.79 Å². The van der Waals surface area contributed by atoms with E-state index < -0.39 is 0 Å². The molecule has 2 N–H and O–H groups in total. The van der Waals surface area contributed by atoms with Crippen molar-refractivity contribution in [2.75, 3.05) is 6.54 Å². The average Bonchev–Trinajstić information content (AvgIpc) is 2.76. The van der Waals surface area contributed by atoms with E-state index in [9.17, 15) is 4.79 Å². The lowest BCUT2D eigenvalue weighted by Gasteiger charge is -2.04. The number of amides is 1. The van der Waals surface area contributed by atoms with Gasteiger partial charge in [0.15, 0.2) is 0 Å². The van der Waals surface area contributed by atoms with Gasteiger partial charge in [-0.3, -0.25) is 4.79 Å². The molecule has 0 aliphatic rings. The van der Waals surface area contributed by atoms with Gasteiger partial charge < -0.3 is 10.3 Å². The maximum atomic E-state index is 11.7. The Morgan fingerprint density at radius 2 is 2.06 bits per heavy atom. The maximum absolute atomic E-state index is 11.7. The molecule has 1 aromatic heterocycles. The molecule has 18 heavy (non-hydrogen) atoms. The molecule has 0 saturated carbocycles. The first-order valence-electron chi connectivity index (χ1n) is 5.52. The van der Waals surface area contributed by atoms with Crippen LogP contribution < -0.4 is 5.32 Å². The molecule has 0 bridgehead atoms. The van der Waals surface area contributed by atoms with Crippen LogP contribution in [0.2, 0.25) is 10.0 Å². The second-order valence-corrected chi connectivity index (χ2v) is 4.74. The van der Waals surface area contributed by atoms with Gasteiger partial charge in [0, 0.05) is 17.8 Å². The highest BCUT2D eigenvalue weighted by atomic mass is 35.5. The van der Waals surface area contributed by atoms with E-state index in [4.69, 9.17) is 23.2 Å². The minimum atomic E-state index is -0.163. The molecule has 3 nitrogen and oxygen atoms in total. The number of H-pyrrole nitrogens is 1. The minimum Gasteiger partial charge on any atom is -0.356 e. The molecule has 5 heteroatoms. The molecule has 0 saturated heterocycles. The van der Waals surface area contributed by atoms with E-state index in [1.54, 1.807) is 12.3 Å². The Labute approximate surface area is 115 Å². The fourth-order valence-corrected chi connectivity index (χ4v) is 1.98. The lowest BCUT2D eigenvalue weighted by Crippen LogP contribution is -2.25. The van der Waals surface area contributed by atoms with Crippen molar-refractivity contribution >= 4 is 29.1 Å². The van der Waals surface area contributed by atoms with E-state index in [-0.39, 0.29) is 5.91 Å². The number of halogens is 2. The molecule has 1 amide bonds. The fraction of sp³-hybridized carbons (Fsp3) is 0.154. The van der Waals surface area contributed by atoms with Gasteiger partial charge in [-0.05, 0) is 30.2 Å². The third-order valence-electron chi connectivity index (χ3n) is 2.48. The van der Waals surface area contributed by atoms with Crippen molar-refractivity contribution in [3.8, 4) is 0 Å². The zero-order valence-electron chi connectivity index (χ0n) is 9.54. The number of benzene rings is 1. The van der Waals surface area contributed by atoms with Gasteiger partial charge in [0.25, 0.3) is 5.91 Å². The predicted octanol–water partition coefficient (Wildman–Crippen LogP) is 3.29. The van der Waals surface area contributed by atoms with Gasteiger partial charge in [0.2, 0.25) is 0 Å². The second-order valence-electron chi connectivity index (χ2n) is 3.87. The summed E-state index contributed by atoms with van der Waals surface area (Å²) in [4.78, 5) is 14.5. The summed E-state index contributed by atoms with van der Waals surface area (Å²) in [5, 5.41) is 4.04. The molecule has 2 aromatic rings. The van der Waals surface area contributed by atoms with Crippen LogP contribution in [0.15, 0.2) is 36.5 Å². The zero-order valence-corrected chi connectivity index (χ0v) is 11.1. The van der Waals surface area contributed by atoms with E-state index in [1.807, 2.05) is 24.3 Å². The third kappa shape index (κ3) is 3.52. The first-order valence-corrected chi connectivity index (χ1v) is 6.27. The van der Waals surface area contributed by atoms with Crippen LogP contribution in [-0.2, 0) is 6.42 Å². The molecule has 0 spiro atoms. The van der Waals surface area contributed by atoms with E-state index in [0.29, 0.717) is 22.3 Å². The first kappa shape index (κ1) is 13.0. The summed E-state index contributed by atoms with van der Waals surface area (Å²) in [6, 6.07) is 9.17. The summed E-state index contributed by atoms with van der Waals surface area (Å²) in [5.74, 6) is -0.163. The predicted molar refractivity (Wildman–Crippen MR) is 73.3 cm³/mol. The number of nitrogens with one attached hydrogen (secondary N) is 2. The van der Waals surface area contributed by atoms with Gasteiger partial charge in [-0.15, -0.1) is 0 Å². The molecule has 2 rings (SSSR count). The molecule has 1 aromatic carbocycles. The van der Waals surface area contributed by atoms with Crippen LogP contribution in [0.4, 0.5) is 0 Å². The lowest BCUT2D eigenvalue weighted by molar-refractivity contribution is 0.0950. The van der Waals surface area contributed by atoms with Crippen LogP contribution in [0.25, 0.3) is 0 Å². The third-order valence-corrected chi connectivity index (χ3v) is 2.93. The number of carbonyl (C=O) groups is 1. The molecule has 0 aliphatic heterocycles. The Morgan fingerprint density at radius 1 is 1.22 bits per heavy atom. The highest BCUT2D eigenvalue weighted by Gasteiger charge is 2.06. The highest BCUT2D eigenvalue weighted by Crippen LogP contribution is 2.11. The van der Waals surface area contributed by atoms with Crippen molar-refractivity contribution in [1.29, 1.82) is 0 Å². The Kier molecular flexibility index (Phi) is 4.28. The van der Waals surface area contributed by atoms with Crippen LogP contribution >= 0.6 is 23.2 Å². The zero-order chi connectivity index (χ0) is 13.0. The number of aromatic amines is 1.